The summed E-state index contributed by atoms with van der Waals surface area (Å²) < 4.78 is 0. The Labute approximate surface area is 170 Å². The maximum atomic E-state index is 13.1. The van der Waals surface area contributed by atoms with E-state index in [2.05, 4.69) is 16.4 Å². The van der Waals surface area contributed by atoms with E-state index in [0.29, 0.717) is 30.6 Å². The highest BCUT2D eigenvalue weighted by Gasteiger charge is 2.32. The van der Waals surface area contributed by atoms with Crippen molar-refractivity contribution >= 4 is 22.7 Å². The van der Waals surface area contributed by atoms with E-state index in [1.165, 1.54) is 0 Å². The lowest BCUT2D eigenvalue weighted by Gasteiger charge is -2.23. The van der Waals surface area contributed by atoms with Gasteiger partial charge in [0.1, 0.15) is 0 Å². The van der Waals surface area contributed by atoms with E-state index in [0.717, 1.165) is 47.7 Å². The Morgan fingerprint density at radius 3 is 2.48 bits per heavy atom. The smallest absolute Gasteiger partial charge is 0.251 e. The number of benzene rings is 2. The molecular weight excluding hydrogens is 362 g/mol. The Hall–Kier alpha value is -3.08. The van der Waals surface area contributed by atoms with E-state index >= 15 is 0 Å². The van der Waals surface area contributed by atoms with Gasteiger partial charge in [0.25, 0.3) is 5.91 Å². The summed E-state index contributed by atoms with van der Waals surface area (Å²) in [6, 6.07) is 16.4. The van der Waals surface area contributed by atoms with Gasteiger partial charge in [-0.15, -0.1) is 0 Å². The minimum absolute atomic E-state index is 0.00601. The Morgan fingerprint density at radius 1 is 1.00 bits per heavy atom. The molecule has 2 saturated carbocycles. The van der Waals surface area contributed by atoms with Crippen LogP contribution in [0.2, 0.25) is 0 Å². The average Bonchev–Trinajstić information content (AvgIpc) is 3.67. The molecule has 1 aromatic heterocycles. The van der Waals surface area contributed by atoms with Crippen molar-refractivity contribution in [2.45, 2.75) is 50.7 Å². The number of fused-ring (bicyclic) bond motifs is 1. The number of carbonyl (C=O) groups excluding carboxylic acids is 2. The molecular formula is C24H25N3O2. The molecule has 2 fully saturated rings. The molecule has 0 aliphatic heterocycles. The Kier molecular flexibility index (Phi) is 4.58. The first kappa shape index (κ1) is 18.0. The maximum Gasteiger partial charge on any atom is 0.251 e. The molecule has 5 rings (SSSR count). The van der Waals surface area contributed by atoms with E-state index < -0.39 is 0 Å². The molecule has 0 bridgehead atoms. The first-order valence-corrected chi connectivity index (χ1v) is 10.4. The van der Waals surface area contributed by atoms with Gasteiger partial charge in [-0.2, -0.15) is 0 Å². The normalized spacial score (nSPS) is 16.0. The molecule has 2 N–H and O–H groups in total. The minimum atomic E-state index is -0.00601. The average molecular weight is 387 g/mol. The summed E-state index contributed by atoms with van der Waals surface area (Å²) in [5.41, 5.74) is 3.85. The van der Waals surface area contributed by atoms with Crippen LogP contribution in [0.1, 0.15) is 47.2 Å². The molecule has 5 nitrogen and oxygen atoms in total. The van der Waals surface area contributed by atoms with Gasteiger partial charge in [0.2, 0.25) is 5.91 Å². The second kappa shape index (κ2) is 7.39. The number of para-hydroxylation sites is 1. The van der Waals surface area contributed by atoms with Crippen LogP contribution in [0.3, 0.4) is 0 Å². The number of H-pyrrole nitrogens is 1. The van der Waals surface area contributed by atoms with Gasteiger partial charge >= 0.3 is 0 Å². The number of rotatable bonds is 7. The molecule has 0 atom stereocenters. The monoisotopic (exact) mass is 387 g/mol. The second-order valence-electron chi connectivity index (χ2n) is 8.23. The van der Waals surface area contributed by atoms with Gasteiger partial charge in [0.15, 0.2) is 0 Å². The summed E-state index contributed by atoms with van der Waals surface area (Å²) in [7, 11) is 0. The lowest BCUT2D eigenvalue weighted by molar-refractivity contribution is -0.131. The lowest BCUT2D eigenvalue weighted by atomic mass is 10.1. The number of aromatic nitrogens is 1. The number of aromatic amines is 1. The SMILES string of the molecule is O=C(NC1CC1)c1ccc(CN(C(=O)Cc2c[nH]c3ccccc23)C2CC2)cc1. The second-order valence-corrected chi connectivity index (χ2v) is 8.23. The quantitative estimate of drug-likeness (QED) is 0.648. The fraction of sp³-hybridized carbons (Fsp3) is 0.333. The van der Waals surface area contributed by atoms with Crippen molar-refractivity contribution in [2.75, 3.05) is 0 Å². The summed E-state index contributed by atoms with van der Waals surface area (Å²) in [4.78, 5) is 30.5. The highest BCUT2D eigenvalue weighted by molar-refractivity contribution is 5.94. The predicted molar refractivity (Wildman–Crippen MR) is 113 cm³/mol. The van der Waals surface area contributed by atoms with Crippen LogP contribution < -0.4 is 5.32 Å². The molecule has 0 spiro atoms. The first-order chi connectivity index (χ1) is 14.2. The molecule has 0 saturated heterocycles. The van der Waals surface area contributed by atoms with Crippen molar-refractivity contribution < 1.29 is 9.59 Å². The molecule has 0 radical (unpaired) electrons. The number of hydrogen-bond donors (Lipinski definition) is 2. The van der Waals surface area contributed by atoms with Crippen molar-refractivity contribution in [3.8, 4) is 0 Å². The standard InChI is InChI=1S/C24H25N3O2/c28-23(13-18-14-25-22-4-2-1-3-21(18)22)27(20-11-12-20)15-16-5-7-17(8-6-16)24(29)26-19-9-10-19/h1-8,14,19-20,25H,9-13,15H2,(H,26,29). The summed E-state index contributed by atoms with van der Waals surface area (Å²) in [6.07, 6.45) is 6.66. The van der Waals surface area contributed by atoms with E-state index in [4.69, 9.17) is 0 Å². The number of nitrogens with zero attached hydrogens (tertiary/aromatic N) is 1. The van der Waals surface area contributed by atoms with Crippen molar-refractivity contribution in [3.63, 3.8) is 0 Å². The van der Waals surface area contributed by atoms with Crippen LogP contribution in [-0.4, -0.2) is 33.8 Å². The van der Waals surface area contributed by atoms with Crippen molar-refractivity contribution in [1.29, 1.82) is 0 Å². The van der Waals surface area contributed by atoms with Gasteiger partial charge in [-0.1, -0.05) is 30.3 Å². The predicted octanol–water partition coefficient (Wildman–Crippen LogP) is 3.79. The summed E-state index contributed by atoms with van der Waals surface area (Å²) in [6.45, 7) is 0.594. The first-order valence-electron chi connectivity index (χ1n) is 10.4. The topological polar surface area (TPSA) is 65.2 Å². The van der Waals surface area contributed by atoms with Gasteiger partial charge in [-0.05, 0) is 55.0 Å². The van der Waals surface area contributed by atoms with Gasteiger partial charge in [0, 0.05) is 41.3 Å². The van der Waals surface area contributed by atoms with Gasteiger partial charge < -0.3 is 15.2 Å². The lowest BCUT2D eigenvalue weighted by Crippen LogP contribution is -2.33. The third-order valence-corrected chi connectivity index (χ3v) is 5.81. The van der Waals surface area contributed by atoms with E-state index in [-0.39, 0.29) is 11.8 Å². The number of amides is 2. The van der Waals surface area contributed by atoms with E-state index in [1.54, 1.807) is 0 Å². The van der Waals surface area contributed by atoms with Crippen molar-refractivity contribution in [3.05, 3.63) is 71.4 Å². The molecule has 29 heavy (non-hydrogen) atoms. The summed E-state index contributed by atoms with van der Waals surface area (Å²) >= 11 is 0. The largest absolute Gasteiger partial charge is 0.361 e. The molecule has 1 heterocycles. The van der Waals surface area contributed by atoms with Crippen LogP contribution in [-0.2, 0) is 17.8 Å². The molecule has 3 aromatic rings. The highest BCUT2D eigenvalue weighted by Crippen LogP contribution is 2.30. The number of nitrogens with one attached hydrogen (secondary N) is 2. The molecule has 2 aromatic carbocycles. The van der Waals surface area contributed by atoms with Crippen LogP contribution in [0, 0.1) is 0 Å². The van der Waals surface area contributed by atoms with Crippen LogP contribution in [0.25, 0.3) is 10.9 Å². The summed E-state index contributed by atoms with van der Waals surface area (Å²) in [5, 5.41) is 4.12. The zero-order valence-corrected chi connectivity index (χ0v) is 16.4. The molecule has 0 unspecified atom stereocenters. The van der Waals surface area contributed by atoms with Gasteiger partial charge in [-0.3, -0.25) is 9.59 Å². The highest BCUT2D eigenvalue weighted by atomic mass is 16.2. The molecule has 2 aliphatic rings. The fourth-order valence-corrected chi connectivity index (χ4v) is 3.80. The number of hydrogen-bond acceptors (Lipinski definition) is 2. The molecule has 148 valence electrons. The fourth-order valence-electron chi connectivity index (χ4n) is 3.80. The van der Waals surface area contributed by atoms with Crippen LogP contribution in [0.5, 0.6) is 0 Å². The van der Waals surface area contributed by atoms with Crippen LogP contribution >= 0.6 is 0 Å². The van der Waals surface area contributed by atoms with Gasteiger partial charge in [-0.25, -0.2) is 0 Å². The Bertz CT molecular complexity index is 1050. The third kappa shape index (κ3) is 4.04. The molecule has 2 amide bonds. The van der Waals surface area contributed by atoms with Crippen LogP contribution in [0.15, 0.2) is 54.7 Å². The molecule has 2 aliphatic carbocycles. The number of carbonyl (C=O) groups is 2. The molecule has 5 heteroatoms. The van der Waals surface area contributed by atoms with Gasteiger partial charge in [0.05, 0.1) is 6.42 Å². The Morgan fingerprint density at radius 2 is 1.76 bits per heavy atom. The Balaban J connectivity index is 1.27. The van der Waals surface area contributed by atoms with E-state index in [1.807, 2.05) is 53.6 Å². The van der Waals surface area contributed by atoms with Crippen molar-refractivity contribution in [1.82, 2.24) is 15.2 Å². The zero-order chi connectivity index (χ0) is 19.8. The van der Waals surface area contributed by atoms with Crippen molar-refractivity contribution in [2.24, 2.45) is 0 Å². The minimum Gasteiger partial charge on any atom is -0.361 e. The summed E-state index contributed by atoms with van der Waals surface area (Å²) in [5.74, 6) is 0.154. The van der Waals surface area contributed by atoms with Crippen LogP contribution in [0.4, 0.5) is 0 Å². The van der Waals surface area contributed by atoms with E-state index in [9.17, 15) is 9.59 Å². The zero-order valence-electron chi connectivity index (χ0n) is 16.4. The maximum absolute atomic E-state index is 13.1. The third-order valence-electron chi connectivity index (χ3n) is 5.81.